The molecule has 1 amide bonds. The van der Waals surface area contributed by atoms with E-state index in [4.69, 9.17) is 4.42 Å². The Morgan fingerprint density at radius 2 is 2.03 bits per heavy atom. The van der Waals surface area contributed by atoms with Gasteiger partial charge >= 0.3 is 0 Å². The second-order valence-corrected chi connectivity index (χ2v) is 9.49. The van der Waals surface area contributed by atoms with Gasteiger partial charge < -0.3 is 4.42 Å². The number of furan rings is 1. The van der Waals surface area contributed by atoms with E-state index in [2.05, 4.69) is 10.4 Å². The van der Waals surface area contributed by atoms with Gasteiger partial charge in [0.2, 0.25) is 10.0 Å². The van der Waals surface area contributed by atoms with Crippen LogP contribution in [-0.4, -0.2) is 42.4 Å². The van der Waals surface area contributed by atoms with E-state index < -0.39 is 21.5 Å². The fraction of sp³-hybridized carbons (Fsp3) is 0.105. The average molecular weight is 444 g/mol. The summed E-state index contributed by atoms with van der Waals surface area (Å²) in [4.78, 5) is 30.3. The SMILES string of the molecule is CN(C)S(=O)(=O)c1cccc(C(=O)Nn2cnc3scc(-c4ccco4)c3c2=O)c1. The Hall–Kier alpha value is -3.28. The molecule has 0 saturated carbocycles. The van der Waals surface area contributed by atoms with Crippen molar-refractivity contribution in [3.8, 4) is 11.3 Å². The van der Waals surface area contributed by atoms with Gasteiger partial charge in [0, 0.05) is 30.6 Å². The van der Waals surface area contributed by atoms with Crippen LogP contribution in [0.25, 0.3) is 21.5 Å². The maximum Gasteiger partial charge on any atom is 0.281 e. The fourth-order valence-corrected chi connectivity index (χ4v) is 4.64. The molecule has 4 aromatic rings. The number of amides is 1. The monoisotopic (exact) mass is 444 g/mol. The van der Waals surface area contributed by atoms with E-state index in [1.165, 1.54) is 62.3 Å². The maximum atomic E-state index is 13.0. The number of fused-ring (bicyclic) bond motifs is 1. The third-order valence-electron chi connectivity index (χ3n) is 4.38. The van der Waals surface area contributed by atoms with E-state index in [1.54, 1.807) is 17.5 Å². The number of aromatic nitrogens is 2. The number of benzene rings is 1. The lowest BCUT2D eigenvalue weighted by Crippen LogP contribution is -2.33. The molecule has 4 rings (SSSR count). The summed E-state index contributed by atoms with van der Waals surface area (Å²) in [5.74, 6) is -0.130. The molecule has 0 saturated heterocycles. The van der Waals surface area contributed by atoms with Crippen molar-refractivity contribution >= 4 is 37.5 Å². The molecule has 0 atom stereocenters. The van der Waals surface area contributed by atoms with Crippen LogP contribution in [-0.2, 0) is 10.0 Å². The number of nitrogens with zero attached hydrogens (tertiary/aromatic N) is 3. The average Bonchev–Trinajstić information content (AvgIpc) is 3.39. The van der Waals surface area contributed by atoms with E-state index in [-0.39, 0.29) is 10.5 Å². The number of thiophene rings is 1. The first-order valence-corrected chi connectivity index (χ1v) is 11.0. The Balaban J connectivity index is 1.70. The van der Waals surface area contributed by atoms with Gasteiger partial charge in [0.1, 0.15) is 16.9 Å². The summed E-state index contributed by atoms with van der Waals surface area (Å²) in [6.07, 6.45) is 2.72. The van der Waals surface area contributed by atoms with Crippen molar-refractivity contribution in [2.45, 2.75) is 4.90 Å². The molecule has 3 aromatic heterocycles. The van der Waals surface area contributed by atoms with Gasteiger partial charge in [0.15, 0.2) is 0 Å². The van der Waals surface area contributed by atoms with Gasteiger partial charge in [0.25, 0.3) is 11.5 Å². The highest BCUT2D eigenvalue weighted by Gasteiger charge is 2.20. The highest BCUT2D eigenvalue weighted by atomic mass is 32.2. The largest absolute Gasteiger partial charge is 0.464 e. The fourth-order valence-electron chi connectivity index (χ4n) is 2.81. The molecule has 0 aliphatic rings. The van der Waals surface area contributed by atoms with Crippen LogP contribution in [0.4, 0.5) is 0 Å². The van der Waals surface area contributed by atoms with E-state index in [9.17, 15) is 18.0 Å². The van der Waals surface area contributed by atoms with Crippen LogP contribution in [0.15, 0.2) is 68.5 Å². The summed E-state index contributed by atoms with van der Waals surface area (Å²) in [6.45, 7) is 0. The van der Waals surface area contributed by atoms with Crippen molar-refractivity contribution in [1.29, 1.82) is 0 Å². The second kappa shape index (κ2) is 7.52. The predicted octanol–water partition coefficient (Wildman–Crippen LogP) is 2.35. The van der Waals surface area contributed by atoms with Crippen LogP contribution in [0.5, 0.6) is 0 Å². The van der Waals surface area contributed by atoms with E-state index in [1.807, 2.05) is 0 Å². The van der Waals surface area contributed by atoms with Gasteiger partial charge in [-0.15, -0.1) is 11.3 Å². The Morgan fingerprint density at radius 1 is 1.23 bits per heavy atom. The number of sulfonamides is 1. The molecular formula is C19H16N4O5S2. The highest BCUT2D eigenvalue weighted by Crippen LogP contribution is 2.30. The summed E-state index contributed by atoms with van der Waals surface area (Å²) in [5, 5.41) is 2.08. The summed E-state index contributed by atoms with van der Waals surface area (Å²) >= 11 is 1.29. The lowest BCUT2D eigenvalue weighted by Gasteiger charge is -2.12. The van der Waals surface area contributed by atoms with Gasteiger partial charge in [-0.25, -0.2) is 22.4 Å². The first-order valence-electron chi connectivity index (χ1n) is 8.65. The minimum absolute atomic E-state index is 0.0287. The van der Waals surface area contributed by atoms with Crippen molar-refractivity contribution in [3.05, 3.63) is 70.3 Å². The molecule has 0 bridgehead atoms. The summed E-state index contributed by atoms with van der Waals surface area (Å²) < 4.78 is 32.0. The number of carbonyl (C=O) groups excluding carboxylic acids is 1. The minimum Gasteiger partial charge on any atom is -0.464 e. The smallest absolute Gasteiger partial charge is 0.281 e. The Bertz CT molecular complexity index is 1400. The van der Waals surface area contributed by atoms with Crippen molar-refractivity contribution in [1.82, 2.24) is 14.0 Å². The molecule has 0 radical (unpaired) electrons. The molecule has 0 fully saturated rings. The lowest BCUT2D eigenvalue weighted by atomic mass is 10.2. The third kappa shape index (κ3) is 3.43. The normalized spacial score (nSPS) is 11.8. The second-order valence-electron chi connectivity index (χ2n) is 6.48. The van der Waals surface area contributed by atoms with Crippen molar-refractivity contribution in [3.63, 3.8) is 0 Å². The molecule has 1 N–H and O–H groups in total. The van der Waals surface area contributed by atoms with E-state index >= 15 is 0 Å². The van der Waals surface area contributed by atoms with E-state index in [0.717, 1.165) is 8.98 Å². The van der Waals surface area contributed by atoms with Crippen LogP contribution >= 0.6 is 11.3 Å². The lowest BCUT2D eigenvalue weighted by molar-refractivity contribution is 0.101. The Labute approximate surface area is 175 Å². The minimum atomic E-state index is -3.70. The summed E-state index contributed by atoms with van der Waals surface area (Å²) in [5.41, 5.74) is 2.65. The Morgan fingerprint density at radius 3 is 2.73 bits per heavy atom. The van der Waals surface area contributed by atoms with Crippen LogP contribution in [0, 0.1) is 0 Å². The summed E-state index contributed by atoms with van der Waals surface area (Å²) in [6, 6.07) is 9.01. The standard InChI is InChI=1S/C19H16N4O5S2/c1-22(2)30(26,27)13-6-3-5-12(9-13)17(24)21-23-11-20-18-16(19(23)25)14(10-29-18)15-7-4-8-28-15/h3-11H,1-2H3,(H,21,24). The first-order chi connectivity index (χ1) is 14.3. The molecule has 9 nitrogen and oxygen atoms in total. The molecule has 0 spiro atoms. The predicted molar refractivity (Wildman–Crippen MR) is 113 cm³/mol. The number of nitrogens with one attached hydrogen (secondary N) is 1. The van der Waals surface area contributed by atoms with Gasteiger partial charge in [-0.05, 0) is 30.3 Å². The quantitative estimate of drug-likeness (QED) is 0.505. The molecule has 154 valence electrons. The third-order valence-corrected chi connectivity index (χ3v) is 7.08. The zero-order valence-corrected chi connectivity index (χ0v) is 17.5. The van der Waals surface area contributed by atoms with Crippen LogP contribution in [0.1, 0.15) is 10.4 Å². The molecule has 1 aromatic carbocycles. The molecule has 0 aliphatic carbocycles. The first kappa shape index (κ1) is 20.0. The van der Waals surface area contributed by atoms with Gasteiger partial charge in [-0.1, -0.05) is 6.07 Å². The molecule has 0 unspecified atom stereocenters. The van der Waals surface area contributed by atoms with Gasteiger partial charge in [-0.2, -0.15) is 0 Å². The molecule has 0 aliphatic heterocycles. The molecule has 11 heteroatoms. The van der Waals surface area contributed by atoms with Crippen molar-refractivity contribution in [2.75, 3.05) is 19.5 Å². The topological polar surface area (TPSA) is 115 Å². The Kier molecular flexibility index (Phi) is 5.02. The molecule has 30 heavy (non-hydrogen) atoms. The molecular weight excluding hydrogens is 428 g/mol. The zero-order valence-electron chi connectivity index (χ0n) is 15.9. The van der Waals surface area contributed by atoms with Crippen molar-refractivity contribution in [2.24, 2.45) is 0 Å². The van der Waals surface area contributed by atoms with E-state index in [0.29, 0.717) is 21.5 Å². The highest BCUT2D eigenvalue weighted by molar-refractivity contribution is 7.89. The summed E-state index contributed by atoms with van der Waals surface area (Å²) in [7, 11) is -0.897. The van der Waals surface area contributed by atoms with Crippen LogP contribution in [0.3, 0.4) is 0 Å². The van der Waals surface area contributed by atoms with Gasteiger partial charge in [-0.3, -0.25) is 15.0 Å². The number of rotatable bonds is 5. The maximum absolute atomic E-state index is 13.0. The molecule has 3 heterocycles. The van der Waals surface area contributed by atoms with Crippen LogP contribution < -0.4 is 11.0 Å². The van der Waals surface area contributed by atoms with Crippen molar-refractivity contribution < 1.29 is 17.6 Å². The number of hydrogen-bond donors (Lipinski definition) is 1. The number of hydrogen-bond acceptors (Lipinski definition) is 7. The van der Waals surface area contributed by atoms with Crippen LogP contribution in [0.2, 0.25) is 0 Å². The zero-order chi connectivity index (χ0) is 21.5. The van der Waals surface area contributed by atoms with Gasteiger partial charge in [0.05, 0.1) is 16.5 Å². The number of carbonyl (C=O) groups is 1.